The summed E-state index contributed by atoms with van der Waals surface area (Å²) < 4.78 is 104. The van der Waals surface area contributed by atoms with Crippen LogP contribution in [0.4, 0.5) is 26.3 Å². The predicted molar refractivity (Wildman–Crippen MR) is 87.0 cm³/mol. The molecule has 0 radical (unpaired) electrons. The highest BCUT2D eigenvalue weighted by Gasteiger charge is 2.35. The van der Waals surface area contributed by atoms with Gasteiger partial charge < -0.3 is 0 Å². The number of hydrogen-bond acceptors (Lipinski definition) is 3. The van der Waals surface area contributed by atoms with Crippen LogP contribution in [0.1, 0.15) is 5.69 Å². The van der Waals surface area contributed by atoms with Crippen molar-refractivity contribution in [3.63, 3.8) is 0 Å². The number of rotatable bonds is 3. The van der Waals surface area contributed by atoms with E-state index in [0.717, 1.165) is 12.1 Å². The molecule has 0 aliphatic rings. The third-order valence-electron chi connectivity index (χ3n) is 3.74. The highest BCUT2D eigenvalue weighted by molar-refractivity contribution is 7.90. The van der Waals surface area contributed by atoms with Crippen LogP contribution in [0.25, 0.3) is 16.9 Å². The Hall–Kier alpha value is -2.82. The first-order valence-corrected chi connectivity index (χ1v) is 9.40. The fourth-order valence-electron chi connectivity index (χ4n) is 2.57. The molecule has 0 saturated heterocycles. The third kappa shape index (κ3) is 3.75. The van der Waals surface area contributed by atoms with Crippen LogP contribution >= 0.6 is 0 Å². The van der Waals surface area contributed by atoms with E-state index in [-0.39, 0.29) is 11.3 Å². The number of sulfone groups is 1. The largest absolute Gasteiger partial charge is 0.435 e. The smallest absolute Gasteiger partial charge is 0.232 e. The minimum atomic E-state index is -4.86. The van der Waals surface area contributed by atoms with Gasteiger partial charge in [-0.25, -0.2) is 26.3 Å². The van der Waals surface area contributed by atoms with E-state index >= 15 is 0 Å². The number of aromatic nitrogens is 2. The number of nitrogens with zero attached hydrogens (tertiary/aromatic N) is 2. The molecule has 1 heterocycles. The van der Waals surface area contributed by atoms with E-state index in [2.05, 4.69) is 5.10 Å². The van der Waals surface area contributed by atoms with E-state index in [1.54, 1.807) is 0 Å². The van der Waals surface area contributed by atoms with Gasteiger partial charge in [-0.2, -0.15) is 18.3 Å². The molecule has 0 spiro atoms. The summed E-state index contributed by atoms with van der Waals surface area (Å²) in [6, 6.07) is 6.07. The summed E-state index contributed by atoms with van der Waals surface area (Å²) in [6.45, 7) is 0. The van der Waals surface area contributed by atoms with Crippen LogP contribution in [-0.4, -0.2) is 24.5 Å². The van der Waals surface area contributed by atoms with Crippen molar-refractivity contribution in [2.75, 3.05) is 6.26 Å². The van der Waals surface area contributed by atoms with Crippen molar-refractivity contribution in [1.29, 1.82) is 0 Å². The maximum absolute atomic E-state index is 14.2. The summed E-state index contributed by atoms with van der Waals surface area (Å²) >= 11 is 0. The first kappa shape index (κ1) is 19.9. The van der Waals surface area contributed by atoms with Gasteiger partial charge in [0.25, 0.3) is 0 Å². The van der Waals surface area contributed by atoms with Gasteiger partial charge in [-0.1, -0.05) is 0 Å². The van der Waals surface area contributed by atoms with E-state index in [4.69, 9.17) is 0 Å². The van der Waals surface area contributed by atoms with Gasteiger partial charge in [0.15, 0.2) is 15.5 Å². The van der Waals surface area contributed by atoms with E-state index in [1.165, 1.54) is 12.1 Å². The van der Waals surface area contributed by atoms with Crippen molar-refractivity contribution in [2.45, 2.75) is 11.1 Å². The van der Waals surface area contributed by atoms with E-state index in [1.807, 2.05) is 0 Å². The van der Waals surface area contributed by atoms with Crippen LogP contribution < -0.4 is 0 Å². The summed E-state index contributed by atoms with van der Waals surface area (Å²) in [4.78, 5) is -1.21. The molecule has 0 unspecified atom stereocenters. The Morgan fingerprint density at radius 3 is 1.93 bits per heavy atom. The number of halogens is 6. The molecule has 0 amide bonds. The Morgan fingerprint density at radius 1 is 0.929 bits per heavy atom. The lowest BCUT2D eigenvalue weighted by atomic mass is 10.1. The van der Waals surface area contributed by atoms with Crippen molar-refractivity contribution >= 4 is 9.84 Å². The molecule has 28 heavy (non-hydrogen) atoms. The molecule has 0 atom stereocenters. The summed E-state index contributed by atoms with van der Waals surface area (Å²) in [6.07, 6.45) is -4.27. The number of alkyl halides is 3. The topological polar surface area (TPSA) is 52.0 Å². The Morgan fingerprint density at radius 2 is 1.46 bits per heavy atom. The van der Waals surface area contributed by atoms with E-state index < -0.39 is 49.7 Å². The molecular formula is C17H10F6N2O2S. The molecule has 11 heteroatoms. The van der Waals surface area contributed by atoms with Crippen molar-refractivity contribution < 1.29 is 34.8 Å². The maximum Gasteiger partial charge on any atom is 0.435 e. The van der Waals surface area contributed by atoms with Gasteiger partial charge in [0.05, 0.1) is 11.4 Å². The Labute approximate surface area is 155 Å². The molecule has 1 aromatic heterocycles. The Balaban J connectivity index is 2.27. The molecule has 3 rings (SSSR count). The molecule has 3 aromatic rings. The van der Waals surface area contributed by atoms with Crippen LogP contribution in [0.15, 0.2) is 47.4 Å². The number of hydrogen-bond donors (Lipinski definition) is 0. The first-order valence-electron chi connectivity index (χ1n) is 7.50. The zero-order valence-corrected chi connectivity index (χ0v) is 14.7. The second-order valence-corrected chi connectivity index (χ2v) is 7.79. The van der Waals surface area contributed by atoms with Crippen molar-refractivity contribution in [3.05, 3.63) is 65.6 Å². The molecule has 0 fully saturated rings. The second kappa shape index (κ2) is 6.66. The highest BCUT2D eigenvalue weighted by atomic mass is 32.2. The van der Waals surface area contributed by atoms with Gasteiger partial charge in [-0.15, -0.1) is 0 Å². The Kier molecular flexibility index (Phi) is 4.74. The van der Waals surface area contributed by atoms with Gasteiger partial charge >= 0.3 is 6.18 Å². The Bertz CT molecular complexity index is 1130. The second-order valence-electron chi connectivity index (χ2n) is 5.84. The van der Waals surface area contributed by atoms with Crippen LogP contribution in [0.5, 0.6) is 0 Å². The zero-order valence-electron chi connectivity index (χ0n) is 13.9. The average molecular weight is 420 g/mol. The molecule has 4 nitrogen and oxygen atoms in total. The van der Waals surface area contributed by atoms with Crippen molar-refractivity contribution in [3.8, 4) is 16.9 Å². The van der Waals surface area contributed by atoms with Crippen molar-refractivity contribution in [1.82, 2.24) is 9.78 Å². The summed E-state index contributed by atoms with van der Waals surface area (Å²) in [5.74, 6) is -3.60. The normalized spacial score (nSPS) is 12.4. The number of benzene rings is 2. The first-order chi connectivity index (χ1) is 12.9. The highest BCUT2D eigenvalue weighted by Crippen LogP contribution is 2.34. The fraction of sp³-hybridized carbons (Fsp3) is 0.118. The van der Waals surface area contributed by atoms with Crippen LogP contribution in [0, 0.1) is 17.5 Å². The fourth-order valence-corrected chi connectivity index (χ4v) is 3.39. The average Bonchev–Trinajstić information content (AvgIpc) is 2.99. The summed E-state index contributed by atoms with van der Waals surface area (Å²) in [5, 5.41) is 3.34. The van der Waals surface area contributed by atoms with Gasteiger partial charge in [-0.05, 0) is 30.3 Å². The monoisotopic (exact) mass is 420 g/mol. The standard InChI is InChI=1S/C17H10F6N2O2S/c1-28(26,27)16-12(19)6-11(7-13(16)20)25-14(8-15(24-25)17(21,22)23)9-2-4-10(18)5-3-9/h2-8H,1H3. The summed E-state index contributed by atoms with van der Waals surface area (Å²) in [5.41, 5.74) is -1.95. The predicted octanol–water partition coefficient (Wildman–Crippen LogP) is 4.38. The minimum Gasteiger partial charge on any atom is -0.232 e. The minimum absolute atomic E-state index is 0.0948. The molecular weight excluding hydrogens is 410 g/mol. The maximum atomic E-state index is 14.2. The van der Waals surface area contributed by atoms with Gasteiger partial charge in [0, 0.05) is 24.0 Å². The zero-order chi connectivity index (χ0) is 20.9. The molecule has 0 bridgehead atoms. The molecule has 0 aliphatic heterocycles. The van der Waals surface area contributed by atoms with Crippen LogP contribution in [0.2, 0.25) is 0 Å². The summed E-state index contributed by atoms with van der Waals surface area (Å²) in [7, 11) is -4.25. The lowest BCUT2D eigenvalue weighted by Crippen LogP contribution is -2.09. The van der Waals surface area contributed by atoms with Crippen molar-refractivity contribution in [2.24, 2.45) is 0 Å². The van der Waals surface area contributed by atoms with Crippen LogP contribution in [0.3, 0.4) is 0 Å². The lowest BCUT2D eigenvalue weighted by molar-refractivity contribution is -0.141. The quantitative estimate of drug-likeness (QED) is 0.591. The van der Waals surface area contributed by atoms with Gasteiger partial charge in [0.1, 0.15) is 22.3 Å². The molecule has 2 aromatic carbocycles. The van der Waals surface area contributed by atoms with Gasteiger partial charge in [0.2, 0.25) is 0 Å². The SMILES string of the molecule is CS(=O)(=O)c1c(F)cc(-n2nc(C(F)(F)F)cc2-c2ccc(F)cc2)cc1F. The molecule has 0 N–H and O–H groups in total. The van der Waals surface area contributed by atoms with Gasteiger partial charge in [-0.3, -0.25) is 0 Å². The van der Waals surface area contributed by atoms with Crippen LogP contribution in [-0.2, 0) is 16.0 Å². The third-order valence-corrected chi connectivity index (χ3v) is 4.87. The molecule has 148 valence electrons. The lowest BCUT2D eigenvalue weighted by Gasteiger charge is -2.10. The van der Waals surface area contributed by atoms with E-state index in [0.29, 0.717) is 29.1 Å². The van der Waals surface area contributed by atoms with E-state index in [9.17, 15) is 34.8 Å². The molecule has 0 aliphatic carbocycles. The molecule has 0 saturated carbocycles.